The first-order chi connectivity index (χ1) is 13.7. The van der Waals surface area contributed by atoms with Gasteiger partial charge in [-0.1, -0.05) is 48.0 Å². The molecule has 4 aromatic rings. The van der Waals surface area contributed by atoms with Crippen LogP contribution in [0.4, 0.5) is 0 Å². The minimum atomic E-state index is -0.0566. The van der Waals surface area contributed by atoms with Crippen molar-refractivity contribution in [1.29, 1.82) is 0 Å². The van der Waals surface area contributed by atoms with Gasteiger partial charge in [-0.3, -0.25) is 9.36 Å². The first-order valence-corrected chi connectivity index (χ1v) is 9.14. The zero-order valence-corrected chi connectivity index (χ0v) is 15.4. The van der Waals surface area contributed by atoms with Crippen molar-refractivity contribution in [2.45, 2.75) is 13.5 Å². The second kappa shape index (κ2) is 6.53. The first-order valence-electron chi connectivity index (χ1n) is 9.14. The average Bonchev–Trinajstić information content (AvgIpc) is 3.18. The van der Waals surface area contributed by atoms with E-state index in [0.717, 1.165) is 22.4 Å². The van der Waals surface area contributed by atoms with Gasteiger partial charge in [-0.05, 0) is 36.8 Å². The van der Waals surface area contributed by atoms with Crippen LogP contribution in [0.1, 0.15) is 11.1 Å². The molecule has 0 saturated carbocycles. The molecule has 3 aromatic carbocycles. The number of rotatable bonds is 3. The zero-order valence-electron chi connectivity index (χ0n) is 15.4. The normalized spacial score (nSPS) is 12.5. The Labute approximate surface area is 161 Å². The van der Waals surface area contributed by atoms with Gasteiger partial charge in [0.1, 0.15) is 5.82 Å². The lowest BCUT2D eigenvalue weighted by Crippen LogP contribution is -2.24. The van der Waals surface area contributed by atoms with Crippen LogP contribution in [0, 0.1) is 6.92 Å². The van der Waals surface area contributed by atoms with E-state index >= 15 is 0 Å². The Hall–Kier alpha value is -3.60. The smallest absolute Gasteiger partial charge is 0.261 e. The Morgan fingerprint density at radius 2 is 1.75 bits per heavy atom. The van der Waals surface area contributed by atoms with Crippen LogP contribution in [0.25, 0.3) is 22.3 Å². The summed E-state index contributed by atoms with van der Waals surface area (Å²) < 4.78 is 12.6. The fraction of sp³-hybridized carbons (Fsp3) is 0.130. The molecule has 5 rings (SSSR count). The van der Waals surface area contributed by atoms with Gasteiger partial charge < -0.3 is 9.47 Å². The Morgan fingerprint density at radius 1 is 0.964 bits per heavy atom. The molecule has 28 heavy (non-hydrogen) atoms. The number of aromatic nitrogens is 2. The molecule has 5 heteroatoms. The highest BCUT2D eigenvalue weighted by Crippen LogP contribution is 2.33. The molecule has 0 saturated heterocycles. The lowest BCUT2D eigenvalue weighted by molar-refractivity contribution is 0.174. The van der Waals surface area contributed by atoms with E-state index in [0.29, 0.717) is 29.0 Å². The van der Waals surface area contributed by atoms with Crippen molar-refractivity contribution in [3.05, 3.63) is 88.2 Å². The molecule has 0 fully saturated rings. The molecule has 1 aromatic heterocycles. The van der Waals surface area contributed by atoms with Crippen molar-refractivity contribution in [3.8, 4) is 22.9 Å². The highest BCUT2D eigenvalue weighted by atomic mass is 16.7. The van der Waals surface area contributed by atoms with Crippen LogP contribution in [0.3, 0.4) is 0 Å². The van der Waals surface area contributed by atoms with Gasteiger partial charge in [-0.2, -0.15) is 0 Å². The molecule has 1 aliphatic heterocycles. The third-order valence-electron chi connectivity index (χ3n) is 4.95. The topological polar surface area (TPSA) is 53.4 Å². The molecule has 2 heterocycles. The van der Waals surface area contributed by atoms with Gasteiger partial charge in [0.25, 0.3) is 5.56 Å². The number of fused-ring (bicyclic) bond motifs is 2. The Morgan fingerprint density at radius 3 is 2.61 bits per heavy atom. The molecule has 1 aliphatic rings. The summed E-state index contributed by atoms with van der Waals surface area (Å²) in [7, 11) is 0. The summed E-state index contributed by atoms with van der Waals surface area (Å²) >= 11 is 0. The maximum absolute atomic E-state index is 13.3. The minimum Gasteiger partial charge on any atom is -0.454 e. The number of hydrogen-bond donors (Lipinski definition) is 0. The summed E-state index contributed by atoms with van der Waals surface area (Å²) in [6, 6.07) is 21.3. The Kier molecular flexibility index (Phi) is 3.86. The van der Waals surface area contributed by atoms with E-state index in [1.165, 1.54) is 0 Å². The van der Waals surface area contributed by atoms with E-state index in [1.54, 1.807) is 4.57 Å². The highest BCUT2D eigenvalue weighted by molar-refractivity contribution is 5.79. The van der Waals surface area contributed by atoms with Gasteiger partial charge in [0.15, 0.2) is 11.5 Å². The maximum Gasteiger partial charge on any atom is 0.261 e. The lowest BCUT2D eigenvalue weighted by atomic mass is 10.1. The Bertz CT molecular complexity index is 1240. The second-order valence-corrected chi connectivity index (χ2v) is 6.90. The summed E-state index contributed by atoms with van der Waals surface area (Å²) in [6.07, 6.45) is 0. The third-order valence-corrected chi connectivity index (χ3v) is 4.95. The molecule has 138 valence electrons. The molecule has 5 nitrogen and oxygen atoms in total. The largest absolute Gasteiger partial charge is 0.454 e. The minimum absolute atomic E-state index is 0.0566. The molecule has 0 spiro atoms. The number of hydrogen-bond acceptors (Lipinski definition) is 4. The summed E-state index contributed by atoms with van der Waals surface area (Å²) in [5.74, 6) is 2.09. The number of para-hydroxylation sites is 1. The van der Waals surface area contributed by atoms with E-state index in [1.807, 2.05) is 73.7 Å². The van der Waals surface area contributed by atoms with Crippen molar-refractivity contribution < 1.29 is 9.47 Å². The van der Waals surface area contributed by atoms with Crippen molar-refractivity contribution in [1.82, 2.24) is 9.55 Å². The molecule has 0 unspecified atom stereocenters. The Balaban J connectivity index is 1.69. The molecular formula is C23H18N2O3. The van der Waals surface area contributed by atoms with E-state index in [2.05, 4.69) is 0 Å². The summed E-state index contributed by atoms with van der Waals surface area (Å²) in [4.78, 5) is 18.1. The van der Waals surface area contributed by atoms with Crippen LogP contribution in [-0.2, 0) is 6.54 Å². The van der Waals surface area contributed by atoms with E-state index in [4.69, 9.17) is 14.5 Å². The van der Waals surface area contributed by atoms with Crippen molar-refractivity contribution in [2.75, 3.05) is 6.79 Å². The zero-order chi connectivity index (χ0) is 19.1. The van der Waals surface area contributed by atoms with Crippen molar-refractivity contribution in [3.63, 3.8) is 0 Å². The summed E-state index contributed by atoms with van der Waals surface area (Å²) in [5.41, 5.74) is 3.67. The molecule has 0 amide bonds. The van der Waals surface area contributed by atoms with Crippen molar-refractivity contribution in [2.24, 2.45) is 0 Å². The number of ether oxygens (including phenoxy) is 2. The first kappa shape index (κ1) is 16.6. The van der Waals surface area contributed by atoms with Crippen LogP contribution in [0.15, 0.2) is 71.5 Å². The van der Waals surface area contributed by atoms with Crippen LogP contribution in [0.2, 0.25) is 0 Å². The number of nitrogens with zero attached hydrogens (tertiary/aromatic N) is 2. The van der Waals surface area contributed by atoms with Gasteiger partial charge >= 0.3 is 0 Å². The number of benzene rings is 3. The molecule has 0 aliphatic carbocycles. The predicted molar refractivity (Wildman–Crippen MR) is 108 cm³/mol. The monoisotopic (exact) mass is 370 g/mol. The summed E-state index contributed by atoms with van der Waals surface area (Å²) in [5, 5.41) is 0.610. The van der Waals surface area contributed by atoms with Gasteiger partial charge in [0, 0.05) is 5.56 Å². The molecule has 0 atom stereocenters. The van der Waals surface area contributed by atoms with Crippen LogP contribution in [0.5, 0.6) is 11.5 Å². The van der Waals surface area contributed by atoms with E-state index < -0.39 is 0 Å². The van der Waals surface area contributed by atoms with E-state index in [-0.39, 0.29) is 12.4 Å². The lowest BCUT2D eigenvalue weighted by Gasteiger charge is -2.14. The highest BCUT2D eigenvalue weighted by Gasteiger charge is 2.16. The number of aryl methyl sites for hydroxylation is 1. The van der Waals surface area contributed by atoms with Crippen LogP contribution >= 0.6 is 0 Å². The average molecular weight is 370 g/mol. The molecule has 0 radical (unpaired) electrons. The predicted octanol–water partition coefficient (Wildman–Crippen LogP) is 4.15. The molecule has 0 bridgehead atoms. The van der Waals surface area contributed by atoms with Crippen LogP contribution in [-0.4, -0.2) is 16.3 Å². The fourth-order valence-corrected chi connectivity index (χ4v) is 3.46. The molecular weight excluding hydrogens is 352 g/mol. The fourth-order valence-electron chi connectivity index (χ4n) is 3.46. The summed E-state index contributed by atoms with van der Waals surface area (Å²) in [6.45, 7) is 2.67. The van der Waals surface area contributed by atoms with Gasteiger partial charge in [-0.25, -0.2) is 4.98 Å². The quantitative estimate of drug-likeness (QED) is 0.544. The van der Waals surface area contributed by atoms with Gasteiger partial charge in [0.2, 0.25) is 6.79 Å². The second-order valence-electron chi connectivity index (χ2n) is 6.90. The van der Waals surface area contributed by atoms with E-state index in [9.17, 15) is 4.79 Å². The SMILES string of the molecule is Cc1ccc(-c2nc3ccccc3c(=O)n2Cc2ccc3c(c2)OCO3)cc1. The van der Waals surface area contributed by atoms with Gasteiger partial charge in [-0.15, -0.1) is 0 Å². The standard InChI is InChI=1S/C23H18N2O3/c1-15-6-9-17(10-7-15)22-24-19-5-3-2-4-18(19)23(26)25(22)13-16-8-11-20-21(12-16)28-14-27-20/h2-12H,13-14H2,1H3. The third kappa shape index (κ3) is 2.81. The molecule has 0 N–H and O–H groups in total. The van der Waals surface area contributed by atoms with Gasteiger partial charge in [0.05, 0.1) is 17.4 Å². The van der Waals surface area contributed by atoms with Crippen LogP contribution < -0.4 is 15.0 Å². The van der Waals surface area contributed by atoms with Crippen molar-refractivity contribution >= 4 is 10.9 Å². The maximum atomic E-state index is 13.3.